The smallest absolute Gasteiger partial charge is 0.0344 e. The third-order valence-electron chi connectivity index (χ3n) is 2.94. The van der Waals surface area contributed by atoms with E-state index in [0.717, 1.165) is 12.2 Å². The van der Waals surface area contributed by atoms with Crippen molar-refractivity contribution in [2.45, 2.75) is 24.3 Å². The summed E-state index contributed by atoms with van der Waals surface area (Å²) in [6.45, 7) is 2.10. The lowest BCUT2D eigenvalue weighted by Gasteiger charge is -2.15. The standard InChI is InChI=1S/C15H19N3S/c1-12-2-4-15(5-3-12)19-11-14(18-16)10-13-6-8-17-9-7-13/h2-9,14,18H,10-11,16H2,1H3. The van der Waals surface area contributed by atoms with Crippen LogP contribution in [0.3, 0.4) is 0 Å². The Balaban J connectivity index is 1.87. The summed E-state index contributed by atoms with van der Waals surface area (Å²) < 4.78 is 0. The largest absolute Gasteiger partial charge is 0.271 e. The van der Waals surface area contributed by atoms with Gasteiger partial charge in [-0.15, -0.1) is 11.8 Å². The summed E-state index contributed by atoms with van der Waals surface area (Å²) >= 11 is 1.82. The second-order valence-electron chi connectivity index (χ2n) is 4.55. The number of benzene rings is 1. The average Bonchev–Trinajstić information content (AvgIpc) is 2.46. The predicted molar refractivity (Wildman–Crippen MR) is 81.0 cm³/mol. The highest BCUT2D eigenvalue weighted by Crippen LogP contribution is 2.20. The first-order chi connectivity index (χ1) is 9.28. The molecule has 3 N–H and O–H groups in total. The molecule has 4 heteroatoms. The van der Waals surface area contributed by atoms with Crippen LogP contribution in [0.4, 0.5) is 0 Å². The van der Waals surface area contributed by atoms with Gasteiger partial charge in [-0.2, -0.15) is 0 Å². The number of nitrogens with two attached hydrogens (primary N) is 1. The lowest BCUT2D eigenvalue weighted by molar-refractivity contribution is 0.575. The van der Waals surface area contributed by atoms with E-state index < -0.39 is 0 Å². The SMILES string of the molecule is Cc1ccc(SCC(Cc2ccncc2)NN)cc1. The van der Waals surface area contributed by atoms with Gasteiger partial charge in [0.25, 0.3) is 0 Å². The molecule has 0 bridgehead atoms. The molecule has 0 aliphatic rings. The van der Waals surface area contributed by atoms with Crippen LogP contribution in [0.15, 0.2) is 53.7 Å². The molecule has 1 aromatic carbocycles. The van der Waals surface area contributed by atoms with E-state index in [2.05, 4.69) is 41.6 Å². The van der Waals surface area contributed by atoms with Crippen LogP contribution in [0, 0.1) is 6.92 Å². The molecule has 1 unspecified atom stereocenters. The van der Waals surface area contributed by atoms with Gasteiger partial charge in [-0.1, -0.05) is 17.7 Å². The van der Waals surface area contributed by atoms with Crippen molar-refractivity contribution < 1.29 is 0 Å². The molecule has 3 nitrogen and oxygen atoms in total. The van der Waals surface area contributed by atoms with E-state index in [1.54, 1.807) is 0 Å². The van der Waals surface area contributed by atoms with Crippen LogP contribution in [0.5, 0.6) is 0 Å². The number of rotatable bonds is 6. The first kappa shape index (κ1) is 14.1. The van der Waals surface area contributed by atoms with E-state index in [9.17, 15) is 0 Å². The molecule has 0 aliphatic carbocycles. The predicted octanol–water partition coefficient (Wildman–Crippen LogP) is 2.56. The zero-order valence-corrected chi connectivity index (χ0v) is 11.9. The Hall–Kier alpha value is -1.36. The lowest BCUT2D eigenvalue weighted by Crippen LogP contribution is -2.38. The maximum Gasteiger partial charge on any atom is 0.0344 e. The van der Waals surface area contributed by atoms with Crippen molar-refractivity contribution in [1.29, 1.82) is 0 Å². The molecule has 0 spiro atoms. The summed E-state index contributed by atoms with van der Waals surface area (Å²) in [5, 5.41) is 0. The fraction of sp³-hybridized carbons (Fsp3) is 0.267. The Labute approximate surface area is 118 Å². The van der Waals surface area contributed by atoms with E-state index in [4.69, 9.17) is 5.84 Å². The third-order valence-corrected chi connectivity index (χ3v) is 4.11. The van der Waals surface area contributed by atoms with Gasteiger partial charge in [-0.25, -0.2) is 0 Å². The Morgan fingerprint density at radius 3 is 2.47 bits per heavy atom. The topological polar surface area (TPSA) is 50.9 Å². The van der Waals surface area contributed by atoms with Crippen molar-refractivity contribution in [1.82, 2.24) is 10.4 Å². The maximum atomic E-state index is 5.63. The molecule has 1 heterocycles. The molecule has 0 radical (unpaired) electrons. The highest BCUT2D eigenvalue weighted by molar-refractivity contribution is 7.99. The van der Waals surface area contributed by atoms with E-state index in [0.29, 0.717) is 0 Å². The van der Waals surface area contributed by atoms with E-state index in [1.165, 1.54) is 16.0 Å². The highest BCUT2D eigenvalue weighted by atomic mass is 32.2. The van der Waals surface area contributed by atoms with Gasteiger partial charge in [0.15, 0.2) is 0 Å². The second-order valence-corrected chi connectivity index (χ2v) is 5.64. The Bertz CT molecular complexity index is 485. The quantitative estimate of drug-likeness (QED) is 0.482. The molecule has 0 aliphatic heterocycles. The van der Waals surface area contributed by atoms with Gasteiger partial charge in [-0.05, 0) is 43.2 Å². The van der Waals surface area contributed by atoms with Crippen LogP contribution >= 0.6 is 11.8 Å². The lowest BCUT2D eigenvalue weighted by atomic mass is 10.1. The van der Waals surface area contributed by atoms with Gasteiger partial charge >= 0.3 is 0 Å². The minimum atomic E-state index is 0.258. The summed E-state index contributed by atoms with van der Waals surface area (Å²) in [5.74, 6) is 6.58. The summed E-state index contributed by atoms with van der Waals surface area (Å²) in [7, 11) is 0. The van der Waals surface area contributed by atoms with Gasteiger partial charge in [0.05, 0.1) is 0 Å². The summed E-state index contributed by atoms with van der Waals surface area (Å²) in [6, 6.07) is 12.9. The summed E-state index contributed by atoms with van der Waals surface area (Å²) in [4.78, 5) is 5.30. The van der Waals surface area contributed by atoms with Gasteiger partial charge in [0.1, 0.15) is 0 Å². The number of hydrogen-bond acceptors (Lipinski definition) is 4. The number of thioether (sulfide) groups is 1. The molecule has 1 atom stereocenters. The van der Waals surface area contributed by atoms with Crippen molar-refractivity contribution in [3.8, 4) is 0 Å². The number of nitrogens with one attached hydrogen (secondary N) is 1. The fourth-order valence-electron chi connectivity index (χ4n) is 1.80. The first-order valence-corrected chi connectivity index (χ1v) is 7.31. The molecule has 0 saturated carbocycles. The summed E-state index contributed by atoms with van der Waals surface area (Å²) in [6.07, 6.45) is 4.55. The highest BCUT2D eigenvalue weighted by Gasteiger charge is 2.08. The van der Waals surface area contributed by atoms with Crippen molar-refractivity contribution in [3.63, 3.8) is 0 Å². The number of nitrogens with zero attached hydrogens (tertiary/aromatic N) is 1. The third kappa shape index (κ3) is 4.67. The number of aryl methyl sites for hydroxylation is 1. The van der Waals surface area contributed by atoms with Crippen molar-refractivity contribution >= 4 is 11.8 Å². The van der Waals surface area contributed by atoms with Gasteiger partial charge in [0.2, 0.25) is 0 Å². The van der Waals surface area contributed by atoms with Crippen LogP contribution < -0.4 is 11.3 Å². The van der Waals surface area contributed by atoms with Crippen LogP contribution in [-0.2, 0) is 6.42 Å². The second kappa shape index (κ2) is 7.28. The van der Waals surface area contributed by atoms with Crippen molar-refractivity contribution in [3.05, 3.63) is 59.9 Å². The molecule has 2 aromatic rings. The van der Waals surface area contributed by atoms with E-state index in [1.807, 2.05) is 36.3 Å². The number of aromatic nitrogens is 1. The molecule has 0 amide bonds. The average molecular weight is 273 g/mol. The Kier molecular flexibility index (Phi) is 5.39. The monoisotopic (exact) mass is 273 g/mol. The molecule has 1 aromatic heterocycles. The van der Waals surface area contributed by atoms with E-state index in [-0.39, 0.29) is 6.04 Å². The van der Waals surface area contributed by atoms with Crippen LogP contribution in [0.25, 0.3) is 0 Å². The molecule has 0 saturated heterocycles. The normalized spacial score (nSPS) is 12.3. The van der Waals surface area contributed by atoms with E-state index >= 15 is 0 Å². The minimum Gasteiger partial charge on any atom is -0.271 e. The van der Waals surface area contributed by atoms with Gasteiger partial charge in [-0.3, -0.25) is 16.3 Å². The number of hydrazine groups is 1. The molecular formula is C15H19N3S. The molecular weight excluding hydrogens is 254 g/mol. The Morgan fingerprint density at radius 1 is 1.16 bits per heavy atom. The van der Waals surface area contributed by atoms with Crippen LogP contribution in [0.1, 0.15) is 11.1 Å². The van der Waals surface area contributed by atoms with Crippen LogP contribution in [-0.4, -0.2) is 16.8 Å². The molecule has 0 fully saturated rings. The van der Waals surface area contributed by atoms with Gasteiger partial charge in [0, 0.05) is 29.1 Å². The zero-order chi connectivity index (χ0) is 13.5. The molecule has 19 heavy (non-hydrogen) atoms. The first-order valence-electron chi connectivity index (χ1n) is 6.32. The van der Waals surface area contributed by atoms with Crippen LogP contribution in [0.2, 0.25) is 0 Å². The van der Waals surface area contributed by atoms with Gasteiger partial charge < -0.3 is 0 Å². The maximum absolute atomic E-state index is 5.63. The Morgan fingerprint density at radius 2 is 1.84 bits per heavy atom. The number of hydrogen-bond donors (Lipinski definition) is 2. The zero-order valence-electron chi connectivity index (χ0n) is 11.0. The summed E-state index contributed by atoms with van der Waals surface area (Å²) in [5.41, 5.74) is 5.43. The van der Waals surface area contributed by atoms with Crippen molar-refractivity contribution in [2.24, 2.45) is 5.84 Å². The van der Waals surface area contributed by atoms with Crippen molar-refractivity contribution in [2.75, 3.05) is 5.75 Å². The minimum absolute atomic E-state index is 0.258. The fourth-order valence-corrected chi connectivity index (χ4v) is 2.74. The molecule has 2 rings (SSSR count). The number of pyridine rings is 1. The molecule has 100 valence electrons.